The average molecular weight is 649 g/mol. The molecule has 1 radical (unpaired) electrons. The Kier molecular flexibility index (Phi) is 15.7. The van der Waals surface area contributed by atoms with Gasteiger partial charge in [-0.1, -0.05) is 24.6 Å². The van der Waals surface area contributed by atoms with Crippen molar-refractivity contribution in [2.45, 2.75) is 38.6 Å². The van der Waals surface area contributed by atoms with Crippen LogP contribution in [0.3, 0.4) is 0 Å². The van der Waals surface area contributed by atoms with Crippen LogP contribution in [0.25, 0.3) is 5.57 Å². The number of hydrogen-bond acceptors (Lipinski definition) is 8. The number of aromatic nitrogens is 2. The Morgan fingerprint density at radius 2 is 1.97 bits per heavy atom. The normalized spacial score (nSPS) is 18.2. The van der Waals surface area contributed by atoms with Gasteiger partial charge in [0.15, 0.2) is 5.82 Å². The summed E-state index contributed by atoms with van der Waals surface area (Å²) in [5.41, 5.74) is 8.78. The quantitative estimate of drug-likeness (QED) is 0.213. The van der Waals surface area contributed by atoms with Crippen LogP contribution < -0.4 is 21.1 Å². The molecule has 4 bridgehead atoms. The molecular weight excluding hydrogens is 607 g/mol. The number of anilines is 2. The van der Waals surface area contributed by atoms with E-state index in [2.05, 4.69) is 48.6 Å². The molecule has 7 nitrogen and oxygen atoms in total. The van der Waals surface area contributed by atoms with Crippen molar-refractivity contribution in [1.82, 2.24) is 9.97 Å². The molecule has 4 heterocycles. The first-order valence-electron chi connectivity index (χ1n) is 11.5. The minimum Gasteiger partial charge on any atom is -0.431 e. The molecule has 2 aromatic heterocycles. The van der Waals surface area contributed by atoms with Crippen LogP contribution in [0.2, 0.25) is 0 Å². The summed E-state index contributed by atoms with van der Waals surface area (Å²) in [6.45, 7) is 14.6. The van der Waals surface area contributed by atoms with Gasteiger partial charge < -0.3 is 30.8 Å². The van der Waals surface area contributed by atoms with Crippen molar-refractivity contribution in [2.75, 3.05) is 29.6 Å². The second kappa shape index (κ2) is 16.4. The topological polar surface area (TPSA) is 105 Å². The predicted molar refractivity (Wildman–Crippen MR) is 160 cm³/mol. The van der Waals surface area contributed by atoms with E-state index in [1.54, 1.807) is 12.3 Å². The summed E-state index contributed by atoms with van der Waals surface area (Å²) in [7, 11) is 0. The summed E-state index contributed by atoms with van der Waals surface area (Å²) < 4.78 is 0. The number of nitrogens with two attached hydrogens (primary N) is 2. The van der Waals surface area contributed by atoms with Gasteiger partial charge in [-0.3, -0.25) is 10.1 Å². The molecule has 37 heavy (non-hydrogen) atoms. The van der Waals surface area contributed by atoms with Crippen LogP contribution in [-0.2, 0) is 0 Å². The Labute approximate surface area is 262 Å². The van der Waals surface area contributed by atoms with Gasteiger partial charge in [0.05, 0.1) is 5.69 Å². The molecule has 9 heteroatoms. The summed E-state index contributed by atoms with van der Waals surface area (Å²) in [6, 6.07) is 10.00. The summed E-state index contributed by atoms with van der Waals surface area (Å²) in [6.07, 6.45) is 8.56. The fourth-order valence-corrected chi connectivity index (χ4v) is 4.56. The molecule has 2 aliphatic rings. The van der Waals surface area contributed by atoms with Gasteiger partial charge in [0.2, 0.25) is 0 Å². The number of rotatable bonds is 2. The van der Waals surface area contributed by atoms with E-state index in [1.165, 1.54) is 18.4 Å². The maximum absolute atomic E-state index is 5.62. The number of allylic oxidation sites excluding steroid dienone is 2. The number of hydrogen-bond donors (Lipinski definition) is 3. The molecule has 0 aliphatic carbocycles. The number of nitrogens with zero attached hydrogens (tertiary/aromatic N) is 4. The fraction of sp³-hybridized carbons (Fsp3) is 0.357. The largest absolute Gasteiger partial charge is 3.00 e. The van der Waals surface area contributed by atoms with E-state index in [-0.39, 0.29) is 62.1 Å². The Balaban J connectivity index is 0.00000206. The van der Waals surface area contributed by atoms with E-state index in [1.807, 2.05) is 30.5 Å². The van der Waals surface area contributed by atoms with Crippen molar-refractivity contribution in [1.29, 1.82) is 0 Å². The molecule has 1 atom stereocenters. The molecule has 0 aromatic carbocycles. The van der Waals surface area contributed by atoms with E-state index >= 15 is 0 Å². The van der Waals surface area contributed by atoms with E-state index < -0.39 is 0 Å². The van der Waals surface area contributed by atoms with Crippen molar-refractivity contribution in [3.8, 4) is 0 Å². The molecule has 199 valence electrons. The molecule has 0 spiro atoms. The second-order valence-corrected chi connectivity index (χ2v) is 9.72. The maximum Gasteiger partial charge on any atom is 3.00 e. The Morgan fingerprint density at radius 3 is 2.65 bits per heavy atom. The molecule has 5 N–H and O–H groups in total. The van der Waals surface area contributed by atoms with Gasteiger partial charge in [0, 0.05) is 29.8 Å². The van der Waals surface area contributed by atoms with Crippen LogP contribution >= 0.6 is 11.9 Å². The smallest absolute Gasteiger partial charge is 0.431 e. The molecule has 1 unspecified atom stereocenters. The number of fused-ring (bicyclic) bond motifs is 6. The monoisotopic (exact) mass is 648 g/mol. The molecule has 4 rings (SSSR count). The first-order chi connectivity index (χ1) is 16.2. The van der Waals surface area contributed by atoms with Crippen LogP contribution in [0, 0.1) is 69.4 Å². The summed E-state index contributed by atoms with van der Waals surface area (Å²) >= 11 is 1.25. The number of aliphatic imine (C=N–C) groups is 1. The fourth-order valence-electron chi connectivity index (χ4n) is 4.56. The Hall–Kier alpha value is -1.59. The Morgan fingerprint density at radius 1 is 1.27 bits per heavy atom. The second-order valence-electron chi connectivity index (χ2n) is 9.24. The zero-order valence-corrected chi connectivity index (χ0v) is 26.9. The van der Waals surface area contributed by atoms with Crippen LogP contribution in [0.15, 0.2) is 53.7 Å². The van der Waals surface area contributed by atoms with Crippen molar-refractivity contribution in [2.24, 2.45) is 21.8 Å². The molecule has 0 saturated carbocycles. The third-order valence-corrected chi connectivity index (χ3v) is 6.05. The minimum atomic E-state index is -0.000470. The summed E-state index contributed by atoms with van der Waals surface area (Å²) in [4.78, 5) is 16.6. The van der Waals surface area contributed by atoms with Crippen LogP contribution in [-0.4, -0.2) is 41.1 Å². The zero-order valence-electron chi connectivity index (χ0n) is 22.9. The van der Waals surface area contributed by atoms with Crippen LogP contribution in [0.4, 0.5) is 17.5 Å². The van der Waals surface area contributed by atoms with Crippen molar-refractivity contribution in [3.63, 3.8) is 0 Å². The van der Waals surface area contributed by atoms with Gasteiger partial charge in [-0.2, -0.15) is 6.08 Å². The van der Waals surface area contributed by atoms with Gasteiger partial charge >= 0.3 is 41.7 Å². The van der Waals surface area contributed by atoms with Gasteiger partial charge in [-0.05, 0) is 75.8 Å². The molecule has 1 fully saturated rings. The minimum absolute atomic E-state index is 0. The van der Waals surface area contributed by atoms with E-state index in [4.69, 9.17) is 20.8 Å². The van der Waals surface area contributed by atoms with Crippen molar-refractivity contribution in [3.05, 3.63) is 81.7 Å². The van der Waals surface area contributed by atoms with Crippen molar-refractivity contribution >= 4 is 41.2 Å². The van der Waals surface area contributed by atoms with Crippen molar-refractivity contribution < 1.29 is 41.7 Å². The molecule has 2 aliphatic heterocycles. The van der Waals surface area contributed by atoms with Gasteiger partial charge in [-0.25, -0.2) is 16.9 Å². The number of pyridine rings is 2. The molecule has 2 aromatic rings. The number of nitrogens with one attached hydrogen (secondary N) is 1. The van der Waals surface area contributed by atoms with Gasteiger partial charge in [0.1, 0.15) is 11.6 Å². The zero-order chi connectivity index (χ0) is 24.7. The maximum atomic E-state index is 5.62. The first kappa shape index (κ1) is 35.4. The predicted octanol–water partition coefficient (Wildman–Crippen LogP) is 5.85. The van der Waals surface area contributed by atoms with E-state index in [0.717, 1.165) is 54.4 Å². The van der Waals surface area contributed by atoms with Crippen LogP contribution in [0.5, 0.6) is 0 Å². The summed E-state index contributed by atoms with van der Waals surface area (Å²) in [5.74, 6) is 3.06. The standard InChI is InChI=1S/C25H31N6.CH5NS.2CH3.Ce/c1-17(26)12-14-28-23-11-10-20-18(2)21-8-5-9-22(29-21)27-13-6-7-19-15-25(3,4)31(16-19)24(20)30-23;1-3-2;;;/h5,8-12,14,19H,1-2,6-7,13,15-16,26H2,3-4H3,(H,27,29);2H2,1H3;2*1H3;/q-1;;2*-1;+3/b17-12-,28-14?;;;;. The average Bonchev–Trinajstić information content (AvgIpc) is 3.10. The van der Waals surface area contributed by atoms with Crippen LogP contribution in [0.1, 0.15) is 44.4 Å². The first-order valence-corrected chi connectivity index (χ1v) is 12.8. The van der Waals surface area contributed by atoms with E-state index in [0.29, 0.717) is 17.4 Å². The summed E-state index contributed by atoms with van der Waals surface area (Å²) in [5, 5.41) is 8.23. The van der Waals surface area contributed by atoms with Gasteiger partial charge in [-0.15, -0.1) is 5.70 Å². The SMILES string of the molecule is C=C1c2cccc(n2)NCCCC2CN(c3nc(N=C/C=C(/[CH2-])N)ccc31)C(C)(C)C2.CSN.[CH3-].[CH3-].[Ce+3]. The third kappa shape index (κ3) is 9.58. The third-order valence-electron chi connectivity index (χ3n) is 6.05. The molecular formula is C28H42CeN7S. The Bertz CT molecular complexity index is 1060. The van der Waals surface area contributed by atoms with E-state index in [9.17, 15) is 0 Å². The molecule has 0 amide bonds. The van der Waals surface area contributed by atoms with Gasteiger partial charge in [0.25, 0.3) is 0 Å². The molecule has 1 saturated heterocycles.